The van der Waals surface area contributed by atoms with Crippen LogP contribution in [0.15, 0.2) is 28.4 Å². The molecule has 2 aromatic heterocycles. The molecule has 0 aromatic carbocycles. The lowest BCUT2D eigenvalue weighted by molar-refractivity contribution is 0.247. The van der Waals surface area contributed by atoms with E-state index >= 15 is 0 Å². The number of carbonyl (C=O) groups excluding carboxylic acids is 1. The number of hydrogen-bond donors (Lipinski definition) is 3. The standard InChI is InChI=1S/C13H14N4O2S/c18-11-7-8-6-9(3-4-10(8)16-17-11)14-13(19)15-12-2-1-5-20-12/h1-2,5,7,9H,3-4,6H2,(H,17,18)(H2,14,15,19). The molecule has 0 aliphatic heterocycles. The van der Waals surface area contributed by atoms with Crippen molar-refractivity contribution >= 4 is 22.4 Å². The van der Waals surface area contributed by atoms with Gasteiger partial charge in [0.05, 0.1) is 10.7 Å². The molecular weight excluding hydrogens is 276 g/mol. The van der Waals surface area contributed by atoms with Gasteiger partial charge in [0.2, 0.25) is 0 Å². The zero-order valence-corrected chi connectivity index (χ0v) is 11.5. The number of aromatic nitrogens is 2. The van der Waals surface area contributed by atoms with Crippen LogP contribution in [0.3, 0.4) is 0 Å². The topological polar surface area (TPSA) is 86.9 Å². The molecule has 1 aliphatic rings. The molecule has 1 aliphatic carbocycles. The lowest BCUT2D eigenvalue weighted by Gasteiger charge is -2.24. The lowest BCUT2D eigenvalue weighted by Crippen LogP contribution is -2.41. The van der Waals surface area contributed by atoms with Gasteiger partial charge in [0.15, 0.2) is 0 Å². The lowest BCUT2D eigenvalue weighted by atomic mass is 9.92. The number of anilines is 1. The number of thiophene rings is 1. The third-order valence-electron chi connectivity index (χ3n) is 3.27. The normalized spacial score (nSPS) is 17.3. The van der Waals surface area contributed by atoms with Crippen LogP contribution in [-0.2, 0) is 12.8 Å². The Labute approximate surface area is 119 Å². The fourth-order valence-electron chi connectivity index (χ4n) is 2.35. The second-order valence-corrected chi connectivity index (χ2v) is 5.67. The first-order valence-electron chi connectivity index (χ1n) is 6.39. The van der Waals surface area contributed by atoms with Gasteiger partial charge in [-0.3, -0.25) is 10.1 Å². The summed E-state index contributed by atoms with van der Waals surface area (Å²) in [6.07, 6.45) is 2.23. The van der Waals surface area contributed by atoms with E-state index in [1.54, 1.807) is 6.07 Å². The smallest absolute Gasteiger partial charge is 0.320 e. The maximum absolute atomic E-state index is 11.9. The minimum atomic E-state index is -0.210. The summed E-state index contributed by atoms with van der Waals surface area (Å²) in [4.78, 5) is 23.1. The van der Waals surface area contributed by atoms with E-state index in [4.69, 9.17) is 0 Å². The van der Waals surface area contributed by atoms with Crippen molar-refractivity contribution < 1.29 is 4.79 Å². The minimum Gasteiger partial charge on any atom is -0.335 e. The molecule has 6 nitrogen and oxygen atoms in total. The summed E-state index contributed by atoms with van der Waals surface area (Å²) in [5.74, 6) is 0. The number of nitrogens with one attached hydrogen (secondary N) is 3. The van der Waals surface area contributed by atoms with Crippen LogP contribution in [0, 0.1) is 0 Å². The van der Waals surface area contributed by atoms with Crippen LogP contribution in [-0.4, -0.2) is 22.3 Å². The predicted molar refractivity (Wildman–Crippen MR) is 77.1 cm³/mol. The summed E-state index contributed by atoms with van der Waals surface area (Å²) in [5, 5.41) is 14.9. The minimum absolute atomic E-state index is 0.0334. The van der Waals surface area contributed by atoms with Crippen molar-refractivity contribution in [2.75, 3.05) is 5.32 Å². The Kier molecular flexibility index (Phi) is 3.51. The van der Waals surface area contributed by atoms with Gasteiger partial charge in [-0.25, -0.2) is 9.89 Å². The third-order valence-corrected chi connectivity index (χ3v) is 4.05. The quantitative estimate of drug-likeness (QED) is 0.783. The van der Waals surface area contributed by atoms with E-state index in [-0.39, 0.29) is 17.6 Å². The van der Waals surface area contributed by atoms with Gasteiger partial charge in [-0.1, -0.05) is 0 Å². The molecule has 2 amide bonds. The Morgan fingerprint density at radius 3 is 3.20 bits per heavy atom. The monoisotopic (exact) mass is 290 g/mol. The summed E-state index contributed by atoms with van der Waals surface area (Å²) < 4.78 is 0. The molecule has 20 heavy (non-hydrogen) atoms. The van der Waals surface area contributed by atoms with Gasteiger partial charge in [0, 0.05) is 12.1 Å². The summed E-state index contributed by atoms with van der Waals surface area (Å²) in [6.45, 7) is 0. The Morgan fingerprint density at radius 1 is 1.50 bits per heavy atom. The largest absolute Gasteiger partial charge is 0.335 e. The van der Waals surface area contributed by atoms with Crippen LogP contribution in [0.2, 0.25) is 0 Å². The predicted octanol–water partition coefficient (Wildman–Crippen LogP) is 1.51. The van der Waals surface area contributed by atoms with E-state index in [1.807, 2.05) is 17.5 Å². The zero-order chi connectivity index (χ0) is 13.9. The molecule has 0 radical (unpaired) electrons. The van der Waals surface area contributed by atoms with E-state index in [0.29, 0.717) is 6.42 Å². The highest BCUT2D eigenvalue weighted by Crippen LogP contribution is 2.18. The fourth-order valence-corrected chi connectivity index (χ4v) is 2.96. The van der Waals surface area contributed by atoms with Gasteiger partial charge in [0.1, 0.15) is 0 Å². The van der Waals surface area contributed by atoms with Gasteiger partial charge in [-0.2, -0.15) is 5.10 Å². The second-order valence-electron chi connectivity index (χ2n) is 4.72. The van der Waals surface area contributed by atoms with Crippen LogP contribution >= 0.6 is 11.3 Å². The second kappa shape index (κ2) is 5.46. The molecule has 0 spiro atoms. The number of amides is 2. The molecule has 2 heterocycles. The Hall–Kier alpha value is -2.15. The molecule has 0 bridgehead atoms. The van der Waals surface area contributed by atoms with Crippen LogP contribution in [0.5, 0.6) is 0 Å². The number of aryl methyl sites for hydroxylation is 1. The van der Waals surface area contributed by atoms with Crippen LogP contribution in [0.25, 0.3) is 0 Å². The number of aromatic amines is 1. The van der Waals surface area contributed by atoms with E-state index in [1.165, 1.54) is 11.3 Å². The molecule has 3 N–H and O–H groups in total. The third kappa shape index (κ3) is 2.88. The van der Waals surface area contributed by atoms with Crippen molar-refractivity contribution in [3.8, 4) is 0 Å². The molecule has 2 aromatic rings. The van der Waals surface area contributed by atoms with Crippen molar-refractivity contribution in [1.82, 2.24) is 15.5 Å². The Morgan fingerprint density at radius 2 is 2.40 bits per heavy atom. The van der Waals surface area contributed by atoms with E-state index < -0.39 is 0 Å². The van der Waals surface area contributed by atoms with Crippen LogP contribution < -0.4 is 16.2 Å². The van der Waals surface area contributed by atoms with Gasteiger partial charge in [0.25, 0.3) is 5.56 Å². The zero-order valence-electron chi connectivity index (χ0n) is 10.7. The SMILES string of the molecule is O=C(Nc1cccs1)NC1CCc2n[nH]c(=O)cc2C1. The maximum Gasteiger partial charge on any atom is 0.320 e. The molecule has 1 atom stereocenters. The van der Waals surface area contributed by atoms with E-state index in [9.17, 15) is 9.59 Å². The number of hydrogen-bond acceptors (Lipinski definition) is 4. The summed E-state index contributed by atoms with van der Waals surface area (Å²) in [5.41, 5.74) is 1.63. The summed E-state index contributed by atoms with van der Waals surface area (Å²) in [7, 11) is 0. The van der Waals surface area contributed by atoms with Crippen molar-refractivity contribution in [2.24, 2.45) is 0 Å². The summed E-state index contributed by atoms with van der Waals surface area (Å²) in [6, 6.07) is 5.12. The van der Waals surface area contributed by atoms with Gasteiger partial charge in [-0.05, 0) is 42.3 Å². The highest BCUT2D eigenvalue weighted by atomic mass is 32.1. The summed E-state index contributed by atoms with van der Waals surface area (Å²) >= 11 is 1.48. The van der Waals surface area contributed by atoms with Crippen molar-refractivity contribution in [1.29, 1.82) is 0 Å². The number of H-pyrrole nitrogens is 1. The molecular formula is C13H14N4O2S. The molecule has 7 heteroatoms. The first kappa shape index (κ1) is 12.9. The average Bonchev–Trinajstić information content (AvgIpc) is 2.91. The first-order chi connectivity index (χ1) is 9.70. The number of nitrogens with zero attached hydrogens (tertiary/aromatic N) is 1. The molecule has 0 fully saturated rings. The number of rotatable bonds is 2. The van der Waals surface area contributed by atoms with Crippen LogP contribution in [0.1, 0.15) is 17.7 Å². The molecule has 1 unspecified atom stereocenters. The highest BCUT2D eigenvalue weighted by Gasteiger charge is 2.21. The maximum atomic E-state index is 11.9. The van der Waals surface area contributed by atoms with Crippen molar-refractivity contribution in [3.63, 3.8) is 0 Å². The molecule has 104 valence electrons. The average molecular weight is 290 g/mol. The number of urea groups is 1. The molecule has 3 rings (SSSR count). The van der Waals surface area contributed by atoms with E-state index in [2.05, 4.69) is 20.8 Å². The van der Waals surface area contributed by atoms with Gasteiger partial charge < -0.3 is 5.32 Å². The van der Waals surface area contributed by atoms with Crippen LogP contribution in [0.4, 0.5) is 9.80 Å². The highest BCUT2D eigenvalue weighted by molar-refractivity contribution is 7.14. The number of carbonyl (C=O) groups is 1. The fraction of sp³-hybridized carbons (Fsp3) is 0.308. The van der Waals surface area contributed by atoms with Gasteiger partial charge in [-0.15, -0.1) is 11.3 Å². The Bertz CT molecular complexity index is 665. The van der Waals surface area contributed by atoms with Gasteiger partial charge >= 0.3 is 6.03 Å². The Balaban J connectivity index is 1.62. The first-order valence-corrected chi connectivity index (χ1v) is 7.27. The molecule has 0 saturated heterocycles. The van der Waals surface area contributed by atoms with Crippen molar-refractivity contribution in [2.45, 2.75) is 25.3 Å². The number of fused-ring (bicyclic) bond motifs is 1. The molecule has 0 saturated carbocycles. The van der Waals surface area contributed by atoms with Crippen molar-refractivity contribution in [3.05, 3.63) is 45.2 Å². The van der Waals surface area contributed by atoms with E-state index in [0.717, 1.165) is 29.1 Å².